The molecule has 2 atom stereocenters. The summed E-state index contributed by atoms with van der Waals surface area (Å²) in [6.07, 6.45) is 9.26. The van der Waals surface area contributed by atoms with Crippen LogP contribution in [0.15, 0.2) is 218 Å². The Balaban J connectivity index is 0.939. The lowest BCUT2D eigenvalue weighted by Crippen LogP contribution is -2.49. The maximum Gasteiger partial charge on any atom is 0.238 e. The van der Waals surface area contributed by atoms with Crippen LogP contribution in [0.25, 0.3) is 72.1 Å². The van der Waals surface area contributed by atoms with E-state index < -0.39 is 0 Å². The Morgan fingerprint density at radius 1 is 0.423 bits per heavy atom. The average molecular weight is 915 g/mol. The molecule has 2 aliphatic heterocycles. The minimum atomic E-state index is -0.181. The summed E-state index contributed by atoms with van der Waals surface area (Å²) in [5.41, 5.74) is 13.6. The Bertz CT molecular complexity index is 3920. The largest absolute Gasteiger partial charge is 0.334 e. The van der Waals surface area contributed by atoms with Gasteiger partial charge in [0.1, 0.15) is 0 Å². The Morgan fingerprint density at radius 3 is 1.65 bits per heavy atom. The summed E-state index contributed by atoms with van der Waals surface area (Å²) in [5, 5.41) is 7.18. The maximum absolute atomic E-state index is 5.28. The third-order valence-electron chi connectivity index (χ3n) is 15.8. The number of para-hydroxylation sites is 3. The number of benzene rings is 9. The molecule has 340 valence electrons. The molecule has 6 heteroatoms. The minimum Gasteiger partial charge on any atom is -0.334 e. The molecule has 0 saturated heterocycles. The molecule has 0 saturated carbocycles. The first kappa shape index (κ1) is 41.4. The summed E-state index contributed by atoms with van der Waals surface area (Å²) in [7, 11) is 0. The fourth-order valence-electron chi connectivity index (χ4n) is 12.2. The molecule has 71 heavy (non-hydrogen) atoms. The highest BCUT2D eigenvalue weighted by atomic mass is 15.2. The lowest BCUT2D eigenvalue weighted by atomic mass is 9.65. The van der Waals surface area contributed by atoms with E-state index in [1.54, 1.807) is 0 Å². The molecule has 2 unspecified atom stereocenters. The van der Waals surface area contributed by atoms with Gasteiger partial charge < -0.3 is 9.80 Å². The number of fused-ring (bicyclic) bond motifs is 9. The van der Waals surface area contributed by atoms with Gasteiger partial charge in [-0.3, -0.25) is 4.57 Å². The van der Waals surface area contributed by atoms with Crippen molar-refractivity contribution < 1.29 is 0 Å². The molecule has 0 bridgehead atoms. The third kappa shape index (κ3) is 6.30. The van der Waals surface area contributed by atoms with Gasteiger partial charge in [0.15, 0.2) is 11.6 Å². The highest BCUT2D eigenvalue weighted by molar-refractivity contribution is 6.11. The van der Waals surface area contributed by atoms with Crippen LogP contribution in [-0.2, 0) is 10.8 Å². The topological polar surface area (TPSA) is 50.1 Å². The fourth-order valence-corrected chi connectivity index (χ4v) is 12.2. The summed E-state index contributed by atoms with van der Waals surface area (Å²) in [6, 6.07) is 70.6. The molecular formula is C65H50N6. The van der Waals surface area contributed by atoms with Gasteiger partial charge >= 0.3 is 0 Å². The predicted molar refractivity (Wildman–Crippen MR) is 294 cm³/mol. The van der Waals surface area contributed by atoms with Crippen molar-refractivity contribution in [2.45, 2.75) is 44.6 Å². The van der Waals surface area contributed by atoms with E-state index in [9.17, 15) is 0 Å². The van der Waals surface area contributed by atoms with Gasteiger partial charge in [0, 0.05) is 55.7 Å². The van der Waals surface area contributed by atoms with Crippen LogP contribution < -0.4 is 9.80 Å². The number of aromatic nitrogens is 4. The van der Waals surface area contributed by atoms with Crippen LogP contribution in [0, 0.1) is 5.92 Å². The van der Waals surface area contributed by atoms with Crippen molar-refractivity contribution in [1.82, 2.24) is 19.5 Å². The number of allylic oxidation sites excluding steroid dienone is 2. The van der Waals surface area contributed by atoms with E-state index in [1.165, 1.54) is 60.7 Å². The molecule has 0 spiro atoms. The van der Waals surface area contributed by atoms with Gasteiger partial charge in [0.2, 0.25) is 5.95 Å². The van der Waals surface area contributed by atoms with E-state index >= 15 is 0 Å². The van der Waals surface area contributed by atoms with Crippen molar-refractivity contribution in [3.8, 4) is 28.7 Å². The summed E-state index contributed by atoms with van der Waals surface area (Å²) in [6.45, 7) is 9.52. The number of hydrogen-bond donors (Lipinski definition) is 0. The quantitative estimate of drug-likeness (QED) is 0.161. The van der Waals surface area contributed by atoms with Gasteiger partial charge in [-0.15, -0.1) is 0 Å². The smallest absolute Gasteiger partial charge is 0.238 e. The van der Waals surface area contributed by atoms with Crippen molar-refractivity contribution in [2.75, 3.05) is 9.80 Å². The van der Waals surface area contributed by atoms with Crippen LogP contribution in [0.4, 0.5) is 28.4 Å². The van der Waals surface area contributed by atoms with Gasteiger partial charge in [0.25, 0.3) is 0 Å². The monoisotopic (exact) mass is 914 g/mol. The molecule has 0 fully saturated rings. The van der Waals surface area contributed by atoms with E-state index in [1.807, 2.05) is 36.4 Å². The summed E-state index contributed by atoms with van der Waals surface area (Å²) >= 11 is 0. The molecule has 11 aromatic rings. The van der Waals surface area contributed by atoms with Gasteiger partial charge in [-0.25, -0.2) is 4.98 Å². The van der Waals surface area contributed by atoms with E-state index in [0.29, 0.717) is 17.6 Å². The van der Waals surface area contributed by atoms with Gasteiger partial charge in [-0.1, -0.05) is 179 Å². The third-order valence-corrected chi connectivity index (χ3v) is 15.8. The summed E-state index contributed by atoms with van der Waals surface area (Å²) in [4.78, 5) is 20.6. The molecular weight excluding hydrogens is 865 g/mol. The van der Waals surface area contributed by atoms with Crippen LogP contribution in [0.1, 0.15) is 44.4 Å². The fraction of sp³-hybridized carbons (Fsp3) is 0.123. The summed E-state index contributed by atoms with van der Waals surface area (Å²) < 4.78 is 2.25. The number of nitrogens with zero attached hydrogens (tertiary/aromatic N) is 6. The number of anilines is 5. The van der Waals surface area contributed by atoms with Crippen molar-refractivity contribution in [1.29, 1.82) is 0 Å². The zero-order valence-corrected chi connectivity index (χ0v) is 40.1. The van der Waals surface area contributed by atoms with Crippen LogP contribution in [-0.4, -0.2) is 25.6 Å². The standard InChI is InChI=1S/C65H50N6/c1-64(2)51-24-12-16-28-56(51)69(57-29-17-13-25-52(57)64)47-33-31-43-36-46-38-48(34-32-44(46)35-45(43)37-47)70-58-30-18-14-26-53(58)65(3,4)54-39-50-49-23-11-15-27-55(49)71(59(50)40-60(54)70)63-67-61(41-19-7-5-8-20-41)66-62(68-63)42-21-9-6-10-22-42/h5-40,53,58H,1-4H3. The Hall–Kier alpha value is -8.61. The van der Waals surface area contributed by atoms with Crippen molar-refractivity contribution in [3.63, 3.8) is 0 Å². The second-order valence-corrected chi connectivity index (χ2v) is 20.5. The molecule has 14 rings (SSSR count). The molecule has 4 heterocycles. The van der Waals surface area contributed by atoms with E-state index in [2.05, 4.69) is 224 Å². The molecule has 3 aliphatic rings. The van der Waals surface area contributed by atoms with Crippen LogP contribution in [0.3, 0.4) is 0 Å². The average Bonchev–Trinajstić information content (AvgIpc) is 3.74. The van der Waals surface area contributed by atoms with Crippen LogP contribution in [0.5, 0.6) is 0 Å². The van der Waals surface area contributed by atoms with Gasteiger partial charge in [0.05, 0.1) is 28.5 Å². The molecule has 6 nitrogen and oxygen atoms in total. The second kappa shape index (κ2) is 15.4. The normalized spacial score (nSPS) is 17.4. The zero-order chi connectivity index (χ0) is 47.6. The molecule has 1 aliphatic carbocycles. The highest BCUT2D eigenvalue weighted by Crippen LogP contribution is 2.54. The molecule has 9 aromatic carbocycles. The second-order valence-electron chi connectivity index (χ2n) is 20.5. The Labute approximate surface area is 413 Å². The zero-order valence-electron chi connectivity index (χ0n) is 40.1. The Kier molecular flexibility index (Phi) is 9.00. The highest BCUT2D eigenvalue weighted by Gasteiger charge is 2.46. The molecule has 0 amide bonds. The minimum absolute atomic E-state index is 0.0880. The van der Waals surface area contributed by atoms with Crippen LogP contribution >= 0.6 is 0 Å². The number of rotatable bonds is 5. The van der Waals surface area contributed by atoms with E-state index in [0.717, 1.165) is 38.9 Å². The summed E-state index contributed by atoms with van der Waals surface area (Å²) in [5.74, 6) is 2.09. The van der Waals surface area contributed by atoms with Crippen LogP contribution in [0.2, 0.25) is 0 Å². The first-order chi connectivity index (χ1) is 34.7. The van der Waals surface area contributed by atoms with Crippen molar-refractivity contribution in [2.24, 2.45) is 5.92 Å². The lowest BCUT2D eigenvalue weighted by molar-refractivity contribution is 0.332. The SMILES string of the molecule is CC1(C)c2ccccc2N(c2ccc3cc4cc(N5c6cc7c(cc6C(C)(C)C6C=CC=CC65)c5ccccc5n7-c5nc(-c6ccccc6)nc(-c6ccccc6)n5)ccc4cc3c2)c2ccccc21. The maximum atomic E-state index is 5.28. The van der Waals surface area contributed by atoms with Gasteiger partial charge in [-0.05, 0) is 105 Å². The van der Waals surface area contributed by atoms with Gasteiger partial charge in [-0.2, -0.15) is 9.97 Å². The van der Waals surface area contributed by atoms with Crippen molar-refractivity contribution in [3.05, 3.63) is 235 Å². The van der Waals surface area contributed by atoms with Crippen molar-refractivity contribution >= 4 is 71.8 Å². The predicted octanol–water partition coefficient (Wildman–Crippen LogP) is 16.3. The number of hydrogen-bond acceptors (Lipinski definition) is 5. The lowest BCUT2D eigenvalue weighted by Gasteiger charge is -2.51. The van der Waals surface area contributed by atoms with E-state index in [-0.39, 0.29) is 22.8 Å². The first-order valence-corrected chi connectivity index (χ1v) is 24.8. The molecule has 0 N–H and O–H groups in total. The molecule has 0 radical (unpaired) electrons. The molecule has 2 aromatic heterocycles. The Morgan fingerprint density at radius 2 is 0.986 bits per heavy atom. The van der Waals surface area contributed by atoms with E-state index in [4.69, 9.17) is 15.0 Å². The first-order valence-electron chi connectivity index (χ1n) is 24.8.